The maximum absolute atomic E-state index is 10.5. The minimum absolute atomic E-state index is 0.132. The van der Waals surface area contributed by atoms with Crippen LogP contribution in [-0.2, 0) is 9.59 Å². The van der Waals surface area contributed by atoms with Crippen LogP contribution in [-0.4, -0.2) is 17.0 Å². The van der Waals surface area contributed by atoms with Crippen LogP contribution >= 0.6 is 0 Å². The normalized spacial score (nSPS) is 21.0. The van der Waals surface area contributed by atoms with Crippen molar-refractivity contribution < 1.29 is 14.7 Å². The van der Waals surface area contributed by atoms with Gasteiger partial charge in [0.15, 0.2) is 0 Å². The second kappa shape index (κ2) is 6.03. The third kappa shape index (κ3) is 4.26. The fourth-order valence-corrected chi connectivity index (χ4v) is 1.54. The number of primary amides is 1. The van der Waals surface area contributed by atoms with Crippen LogP contribution in [0.5, 0.6) is 0 Å². The van der Waals surface area contributed by atoms with Crippen molar-refractivity contribution in [1.29, 1.82) is 0 Å². The van der Waals surface area contributed by atoms with Crippen molar-refractivity contribution in [2.45, 2.75) is 25.7 Å². The lowest BCUT2D eigenvalue weighted by molar-refractivity contribution is -0.138. The Morgan fingerprint density at radius 2 is 1.88 bits per heavy atom. The number of benzene rings is 1. The van der Waals surface area contributed by atoms with Gasteiger partial charge in [-0.2, -0.15) is 0 Å². The number of aliphatic carboxylic acids is 1. The van der Waals surface area contributed by atoms with E-state index in [1.54, 1.807) is 6.92 Å². The van der Waals surface area contributed by atoms with Gasteiger partial charge in [0.2, 0.25) is 5.91 Å². The standard InChI is InChI=1S/C10H10O2.C3H7NO/c11-10(12)9-6-8(9)7-4-2-1-3-5-7;1-2-3(4)5/h1-5,8-9H,6H2,(H,11,12);2H2,1H3,(H2,4,5). The molecule has 3 N–H and O–H groups in total. The number of rotatable bonds is 3. The maximum atomic E-state index is 10.5. The summed E-state index contributed by atoms with van der Waals surface area (Å²) < 4.78 is 0. The number of hydrogen-bond donors (Lipinski definition) is 2. The van der Waals surface area contributed by atoms with Crippen molar-refractivity contribution in [2.24, 2.45) is 11.7 Å². The number of carboxylic acids is 1. The molecule has 1 aliphatic carbocycles. The maximum Gasteiger partial charge on any atom is 0.307 e. The molecule has 2 unspecified atom stereocenters. The zero-order valence-electron chi connectivity index (χ0n) is 9.80. The number of carbonyl (C=O) groups is 2. The molecule has 1 aromatic carbocycles. The summed E-state index contributed by atoms with van der Waals surface area (Å²) in [6.07, 6.45) is 1.25. The average molecular weight is 235 g/mol. The molecule has 0 heterocycles. The van der Waals surface area contributed by atoms with E-state index in [1.165, 1.54) is 0 Å². The van der Waals surface area contributed by atoms with Crippen molar-refractivity contribution >= 4 is 11.9 Å². The van der Waals surface area contributed by atoms with Gasteiger partial charge in [-0.1, -0.05) is 37.3 Å². The summed E-state index contributed by atoms with van der Waals surface area (Å²) >= 11 is 0. The van der Waals surface area contributed by atoms with Gasteiger partial charge in [-0.15, -0.1) is 0 Å². The molecule has 4 heteroatoms. The van der Waals surface area contributed by atoms with E-state index < -0.39 is 5.97 Å². The van der Waals surface area contributed by atoms with Gasteiger partial charge in [0.05, 0.1) is 5.92 Å². The van der Waals surface area contributed by atoms with Crippen LogP contribution < -0.4 is 5.73 Å². The predicted molar refractivity (Wildman–Crippen MR) is 64.4 cm³/mol. The largest absolute Gasteiger partial charge is 0.481 e. The van der Waals surface area contributed by atoms with Crippen molar-refractivity contribution in [3.63, 3.8) is 0 Å². The first-order valence-electron chi connectivity index (χ1n) is 5.62. The van der Waals surface area contributed by atoms with Crippen LogP contribution in [0.2, 0.25) is 0 Å². The summed E-state index contributed by atoms with van der Waals surface area (Å²) in [7, 11) is 0. The van der Waals surface area contributed by atoms with Gasteiger partial charge in [-0.3, -0.25) is 9.59 Å². The molecule has 2 atom stereocenters. The Morgan fingerprint density at radius 3 is 2.24 bits per heavy atom. The molecule has 1 aliphatic rings. The molecule has 0 saturated heterocycles. The Balaban J connectivity index is 0.000000249. The molecule has 0 spiro atoms. The van der Waals surface area contributed by atoms with Crippen LogP contribution in [0.3, 0.4) is 0 Å². The quantitative estimate of drug-likeness (QED) is 0.837. The van der Waals surface area contributed by atoms with Crippen LogP contribution in [0.25, 0.3) is 0 Å². The monoisotopic (exact) mass is 235 g/mol. The first-order chi connectivity index (χ1) is 8.06. The Hall–Kier alpha value is -1.84. The minimum atomic E-state index is -0.663. The molecule has 92 valence electrons. The van der Waals surface area contributed by atoms with E-state index in [-0.39, 0.29) is 17.7 Å². The number of nitrogens with two attached hydrogens (primary N) is 1. The molecule has 17 heavy (non-hydrogen) atoms. The van der Waals surface area contributed by atoms with Gasteiger partial charge < -0.3 is 10.8 Å². The van der Waals surface area contributed by atoms with E-state index in [4.69, 9.17) is 5.11 Å². The van der Waals surface area contributed by atoms with E-state index in [2.05, 4.69) is 5.73 Å². The lowest BCUT2D eigenvalue weighted by Gasteiger charge is -1.95. The molecular weight excluding hydrogens is 218 g/mol. The Morgan fingerprint density at radius 1 is 1.35 bits per heavy atom. The smallest absolute Gasteiger partial charge is 0.307 e. The third-order valence-corrected chi connectivity index (χ3v) is 2.68. The van der Waals surface area contributed by atoms with E-state index in [0.717, 1.165) is 12.0 Å². The molecule has 0 aliphatic heterocycles. The van der Waals surface area contributed by atoms with Crippen molar-refractivity contribution in [1.82, 2.24) is 0 Å². The molecule has 1 fully saturated rings. The lowest BCUT2D eigenvalue weighted by atomic mass is 10.1. The van der Waals surface area contributed by atoms with Crippen LogP contribution in [0, 0.1) is 5.92 Å². The van der Waals surface area contributed by atoms with E-state index in [1.807, 2.05) is 30.3 Å². The van der Waals surface area contributed by atoms with Gasteiger partial charge in [0.25, 0.3) is 0 Å². The summed E-state index contributed by atoms with van der Waals surface area (Å²) in [5, 5.41) is 8.68. The highest BCUT2D eigenvalue weighted by molar-refractivity contribution is 5.75. The summed E-state index contributed by atoms with van der Waals surface area (Å²) in [5.74, 6) is -0.773. The van der Waals surface area contributed by atoms with E-state index in [0.29, 0.717) is 6.42 Å². The van der Waals surface area contributed by atoms with Crippen molar-refractivity contribution in [2.75, 3.05) is 0 Å². The Bertz CT molecular complexity index is 389. The van der Waals surface area contributed by atoms with Crippen LogP contribution in [0.4, 0.5) is 0 Å². The van der Waals surface area contributed by atoms with Crippen molar-refractivity contribution in [3.05, 3.63) is 35.9 Å². The molecule has 4 nitrogen and oxygen atoms in total. The fourth-order valence-electron chi connectivity index (χ4n) is 1.54. The SMILES string of the molecule is CCC(N)=O.O=C(O)C1CC1c1ccccc1. The molecule has 2 rings (SSSR count). The summed E-state index contributed by atoms with van der Waals surface area (Å²) in [5.41, 5.74) is 5.81. The van der Waals surface area contributed by atoms with Gasteiger partial charge in [-0.25, -0.2) is 0 Å². The first kappa shape index (κ1) is 13.2. The zero-order chi connectivity index (χ0) is 12.8. The Kier molecular flexibility index (Phi) is 4.69. The topological polar surface area (TPSA) is 80.4 Å². The molecule has 1 amide bonds. The molecular formula is C13H17NO3. The van der Waals surface area contributed by atoms with E-state index in [9.17, 15) is 9.59 Å². The molecule has 1 aromatic rings. The summed E-state index contributed by atoms with van der Waals surface area (Å²) in [4.78, 5) is 20.1. The number of hydrogen-bond acceptors (Lipinski definition) is 2. The van der Waals surface area contributed by atoms with Gasteiger partial charge in [-0.05, 0) is 17.9 Å². The van der Waals surface area contributed by atoms with Crippen molar-refractivity contribution in [3.8, 4) is 0 Å². The van der Waals surface area contributed by atoms with Crippen LogP contribution in [0.15, 0.2) is 30.3 Å². The number of carbonyl (C=O) groups excluding carboxylic acids is 1. The predicted octanol–water partition coefficient (Wildman–Crippen LogP) is 1.76. The molecule has 0 radical (unpaired) electrons. The average Bonchev–Trinajstić information content (AvgIpc) is 3.11. The lowest BCUT2D eigenvalue weighted by Crippen LogP contribution is -2.06. The second-order valence-corrected chi connectivity index (χ2v) is 4.02. The molecule has 1 saturated carbocycles. The Labute approximate surface area is 100 Å². The zero-order valence-corrected chi connectivity index (χ0v) is 9.80. The fraction of sp³-hybridized carbons (Fsp3) is 0.385. The van der Waals surface area contributed by atoms with Gasteiger partial charge >= 0.3 is 5.97 Å². The highest BCUT2D eigenvalue weighted by atomic mass is 16.4. The molecule has 0 bridgehead atoms. The highest BCUT2D eigenvalue weighted by Crippen LogP contribution is 2.47. The third-order valence-electron chi connectivity index (χ3n) is 2.68. The van der Waals surface area contributed by atoms with Gasteiger partial charge in [0, 0.05) is 6.42 Å². The van der Waals surface area contributed by atoms with Crippen LogP contribution in [0.1, 0.15) is 31.2 Å². The summed E-state index contributed by atoms with van der Waals surface area (Å²) in [6.45, 7) is 1.72. The van der Waals surface area contributed by atoms with Gasteiger partial charge in [0.1, 0.15) is 0 Å². The minimum Gasteiger partial charge on any atom is -0.481 e. The first-order valence-corrected chi connectivity index (χ1v) is 5.62. The summed E-state index contributed by atoms with van der Waals surface area (Å²) in [6, 6.07) is 9.84. The highest BCUT2D eigenvalue weighted by Gasteiger charge is 2.43. The molecule has 0 aromatic heterocycles. The number of amides is 1. The number of carboxylic acid groups (broad SMARTS) is 1. The van der Waals surface area contributed by atoms with E-state index >= 15 is 0 Å². The second-order valence-electron chi connectivity index (χ2n) is 4.02.